The number of hydrogen-bond acceptors (Lipinski definition) is 4. The van der Waals surface area contributed by atoms with Crippen molar-refractivity contribution in [1.29, 1.82) is 0 Å². The van der Waals surface area contributed by atoms with Crippen LogP contribution in [0.25, 0.3) is 0 Å². The van der Waals surface area contributed by atoms with Crippen molar-refractivity contribution in [1.82, 2.24) is 10.2 Å². The molecule has 0 saturated carbocycles. The Labute approximate surface area is 109 Å². The Bertz CT molecular complexity index is 400. The molecule has 0 amide bonds. The van der Waals surface area contributed by atoms with Crippen LogP contribution >= 0.6 is 0 Å². The van der Waals surface area contributed by atoms with Crippen molar-refractivity contribution in [2.45, 2.75) is 13.8 Å². The highest BCUT2D eigenvalue weighted by Gasteiger charge is 2.11. The number of methoxy groups -OCH3 is 1. The summed E-state index contributed by atoms with van der Waals surface area (Å²) in [6.07, 6.45) is 0. The topological polar surface area (TPSA) is 36.5 Å². The van der Waals surface area contributed by atoms with Gasteiger partial charge in [0.25, 0.3) is 0 Å². The largest absolute Gasteiger partial charge is 0.495 e. The molecule has 18 heavy (non-hydrogen) atoms. The van der Waals surface area contributed by atoms with E-state index in [2.05, 4.69) is 41.5 Å². The molecule has 100 valence electrons. The van der Waals surface area contributed by atoms with Gasteiger partial charge in [0.1, 0.15) is 5.75 Å². The fourth-order valence-electron chi connectivity index (χ4n) is 2.38. The number of ether oxygens (including phenoxy) is 1. The van der Waals surface area contributed by atoms with Gasteiger partial charge in [0.05, 0.1) is 19.5 Å². The van der Waals surface area contributed by atoms with Crippen LogP contribution in [0.2, 0.25) is 0 Å². The van der Waals surface area contributed by atoms with Gasteiger partial charge in [-0.05, 0) is 31.0 Å². The summed E-state index contributed by atoms with van der Waals surface area (Å²) in [6.45, 7) is 9.44. The van der Waals surface area contributed by atoms with Gasteiger partial charge >= 0.3 is 0 Å². The van der Waals surface area contributed by atoms with E-state index < -0.39 is 0 Å². The summed E-state index contributed by atoms with van der Waals surface area (Å²) in [6, 6.07) is 4.26. The Balaban J connectivity index is 2.03. The molecule has 0 atom stereocenters. The maximum atomic E-state index is 5.45. The molecule has 0 spiro atoms. The molecule has 1 aliphatic heterocycles. The Morgan fingerprint density at radius 2 is 2.00 bits per heavy atom. The second-order valence-corrected chi connectivity index (χ2v) is 4.86. The highest BCUT2D eigenvalue weighted by atomic mass is 16.5. The van der Waals surface area contributed by atoms with E-state index in [9.17, 15) is 0 Å². The lowest BCUT2D eigenvalue weighted by Crippen LogP contribution is -2.45. The summed E-state index contributed by atoms with van der Waals surface area (Å²) in [7, 11) is 1.73. The molecular weight excluding hydrogens is 226 g/mol. The normalized spacial score (nSPS) is 16.6. The number of nitrogens with zero attached hydrogens (tertiary/aromatic N) is 1. The first kappa shape index (κ1) is 13.2. The van der Waals surface area contributed by atoms with Gasteiger partial charge in [0, 0.05) is 26.2 Å². The summed E-state index contributed by atoms with van der Waals surface area (Å²) < 4.78 is 5.45. The summed E-state index contributed by atoms with van der Waals surface area (Å²) in [4.78, 5) is 2.41. The first-order valence-corrected chi connectivity index (χ1v) is 6.53. The molecule has 0 aliphatic carbocycles. The lowest BCUT2D eigenvalue weighted by atomic mass is 10.1. The summed E-state index contributed by atoms with van der Waals surface area (Å²) in [5.41, 5.74) is 3.58. The zero-order chi connectivity index (χ0) is 13.0. The molecule has 4 heteroatoms. The zero-order valence-corrected chi connectivity index (χ0v) is 11.5. The Hall–Kier alpha value is -1.26. The number of piperazine rings is 1. The number of hydrogen-bond donors (Lipinski definition) is 2. The molecule has 1 heterocycles. The van der Waals surface area contributed by atoms with Crippen molar-refractivity contribution in [2.24, 2.45) is 0 Å². The van der Waals surface area contributed by atoms with Crippen LogP contribution in [0.1, 0.15) is 11.1 Å². The number of aryl methyl sites for hydroxylation is 2. The van der Waals surface area contributed by atoms with Gasteiger partial charge in [-0.15, -0.1) is 0 Å². The number of rotatable bonds is 4. The van der Waals surface area contributed by atoms with Crippen molar-refractivity contribution >= 4 is 5.69 Å². The van der Waals surface area contributed by atoms with Gasteiger partial charge in [0.15, 0.2) is 0 Å². The molecule has 1 aromatic rings. The van der Waals surface area contributed by atoms with Crippen LogP contribution in [0.3, 0.4) is 0 Å². The first-order chi connectivity index (χ1) is 8.70. The molecule has 1 aromatic carbocycles. The molecular formula is C14H23N3O. The average Bonchev–Trinajstić information content (AvgIpc) is 2.38. The van der Waals surface area contributed by atoms with Crippen LogP contribution in [0.15, 0.2) is 12.1 Å². The van der Waals surface area contributed by atoms with Gasteiger partial charge in [-0.25, -0.2) is 0 Å². The summed E-state index contributed by atoms with van der Waals surface area (Å²) in [5.74, 6) is 0.933. The highest BCUT2D eigenvalue weighted by Crippen LogP contribution is 2.29. The van der Waals surface area contributed by atoms with E-state index in [0.717, 1.165) is 44.3 Å². The Morgan fingerprint density at radius 3 is 2.67 bits per heavy atom. The SMILES string of the molecule is COc1cc(C)cc(C)c1NCN1CCNCC1. The number of anilines is 1. The van der Waals surface area contributed by atoms with Crippen LogP contribution < -0.4 is 15.4 Å². The minimum Gasteiger partial charge on any atom is -0.495 e. The molecule has 0 unspecified atom stereocenters. The van der Waals surface area contributed by atoms with Crippen LogP contribution in [0, 0.1) is 13.8 Å². The molecule has 0 radical (unpaired) electrons. The van der Waals surface area contributed by atoms with Gasteiger partial charge in [-0.2, -0.15) is 0 Å². The van der Waals surface area contributed by atoms with E-state index in [-0.39, 0.29) is 0 Å². The molecule has 0 bridgehead atoms. The molecule has 0 aromatic heterocycles. The van der Waals surface area contributed by atoms with E-state index in [1.807, 2.05) is 0 Å². The number of nitrogens with one attached hydrogen (secondary N) is 2. The summed E-state index contributed by atoms with van der Waals surface area (Å²) in [5, 5.41) is 6.86. The van der Waals surface area contributed by atoms with E-state index in [4.69, 9.17) is 4.74 Å². The monoisotopic (exact) mass is 249 g/mol. The second kappa shape index (κ2) is 6.07. The lowest BCUT2D eigenvalue weighted by Gasteiger charge is -2.28. The maximum Gasteiger partial charge on any atom is 0.142 e. The number of benzene rings is 1. The van der Waals surface area contributed by atoms with Crippen molar-refractivity contribution in [3.05, 3.63) is 23.3 Å². The predicted molar refractivity (Wildman–Crippen MR) is 75.4 cm³/mol. The van der Waals surface area contributed by atoms with E-state index >= 15 is 0 Å². The van der Waals surface area contributed by atoms with Gasteiger partial charge in [-0.1, -0.05) is 6.07 Å². The Kier molecular flexibility index (Phi) is 4.44. The third kappa shape index (κ3) is 3.15. The summed E-state index contributed by atoms with van der Waals surface area (Å²) >= 11 is 0. The van der Waals surface area contributed by atoms with E-state index in [1.165, 1.54) is 11.1 Å². The minimum atomic E-state index is 0.877. The standard InChI is InChI=1S/C14H23N3O/c1-11-8-12(2)14(13(9-11)18-3)16-10-17-6-4-15-5-7-17/h8-9,15-16H,4-7,10H2,1-3H3. The average molecular weight is 249 g/mol. The van der Waals surface area contributed by atoms with Crippen molar-refractivity contribution < 1.29 is 4.74 Å². The highest BCUT2D eigenvalue weighted by molar-refractivity contribution is 5.63. The van der Waals surface area contributed by atoms with Crippen LogP contribution in [0.5, 0.6) is 5.75 Å². The molecule has 1 aliphatic rings. The molecule has 1 saturated heterocycles. The maximum absolute atomic E-state index is 5.45. The second-order valence-electron chi connectivity index (χ2n) is 4.86. The molecule has 1 fully saturated rings. The predicted octanol–water partition coefficient (Wildman–Crippen LogP) is 1.59. The lowest BCUT2D eigenvalue weighted by molar-refractivity contribution is 0.256. The molecule has 4 nitrogen and oxygen atoms in total. The van der Waals surface area contributed by atoms with E-state index in [1.54, 1.807) is 7.11 Å². The van der Waals surface area contributed by atoms with Gasteiger partial charge in [0.2, 0.25) is 0 Å². The van der Waals surface area contributed by atoms with Crippen molar-refractivity contribution in [3.8, 4) is 5.75 Å². The Morgan fingerprint density at radius 1 is 1.28 bits per heavy atom. The first-order valence-electron chi connectivity index (χ1n) is 6.53. The van der Waals surface area contributed by atoms with Crippen molar-refractivity contribution in [3.63, 3.8) is 0 Å². The van der Waals surface area contributed by atoms with Crippen LogP contribution in [-0.4, -0.2) is 44.9 Å². The minimum absolute atomic E-state index is 0.877. The van der Waals surface area contributed by atoms with Crippen molar-refractivity contribution in [2.75, 3.05) is 45.3 Å². The molecule has 2 rings (SSSR count). The van der Waals surface area contributed by atoms with Gasteiger partial charge in [-0.3, -0.25) is 4.90 Å². The van der Waals surface area contributed by atoms with Crippen LogP contribution in [0.4, 0.5) is 5.69 Å². The third-order valence-electron chi connectivity index (χ3n) is 3.35. The fraction of sp³-hybridized carbons (Fsp3) is 0.571. The smallest absolute Gasteiger partial charge is 0.142 e. The zero-order valence-electron chi connectivity index (χ0n) is 11.5. The quantitative estimate of drug-likeness (QED) is 0.849. The van der Waals surface area contributed by atoms with Crippen LogP contribution in [-0.2, 0) is 0 Å². The van der Waals surface area contributed by atoms with Gasteiger partial charge < -0.3 is 15.4 Å². The third-order valence-corrected chi connectivity index (χ3v) is 3.35. The molecule has 2 N–H and O–H groups in total. The fourth-order valence-corrected chi connectivity index (χ4v) is 2.38. The van der Waals surface area contributed by atoms with E-state index in [0.29, 0.717) is 0 Å².